The lowest BCUT2D eigenvalue weighted by molar-refractivity contribution is -0.132. The van der Waals surface area contributed by atoms with Gasteiger partial charge in [-0.3, -0.25) is 0 Å². The van der Waals surface area contributed by atoms with Crippen molar-refractivity contribution in [1.82, 2.24) is 0 Å². The van der Waals surface area contributed by atoms with E-state index in [1.807, 2.05) is 26.0 Å². The van der Waals surface area contributed by atoms with E-state index in [-0.39, 0.29) is 0 Å². The Labute approximate surface area is 94.4 Å². The van der Waals surface area contributed by atoms with Crippen molar-refractivity contribution in [2.75, 3.05) is 6.61 Å². The Hall–Kier alpha value is -1.77. The SMILES string of the molecule is Cc1cc2c(cc1C)OCCC(C(=O)O)=C2. The first-order chi connectivity index (χ1) is 7.58. The Kier molecular flexibility index (Phi) is 2.69. The largest absolute Gasteiger partial charge is 0.493 e. The molecule has 0 atom stereocenters. The lowest BCUT2D eigenvalue weighted by Gasteiger charge is -2.09. The van der Waals surface area contributed by atoms with Gasteiger partial charge in [-0.2, -0.15) is 0 Å². The van der Waals surface area contributed by atoms with Crippen LogP contribution in [0, 0.1) is 13.8 Å². The molecule has 1 aliphatic rings. The van der Waals surface area contributed by atoms with Gasteiger partial charge in [0, 0.05) is 17.6 Å². The first-order valence-electron chi connectivity index (χ1n) is 5.26. The van der Waals surface area contributed by atoms with Gasteiger partial charge in [0.25, 0.3) is 0 Å². The lowest BCUT2D eigenvalue weighted by Crippen LogP contribution is -2.03. The summed E-state index contributed by atoms with van der Waals surface area (Å²) in [5.74, 6) is -0.0889. The minimum Gasteiger partial charge on any atom is -0.493 e. The third kappa shape index (κ3) is 1.94. The van der Waals surface area contributed by atoms with Crippen LogP contribution in [0.4, 0.5) is 0 Å². The number of benzene rings is 1. The van der Waals surface area contributed by atoms with Gasteiger partial charge in [-0.1, -0.05) is 0 Å². The van der Waals surface area contributed by atoms with Gasteiger partial charge in [-0.25, -0.2) is 4.79 Å². The zero-order valence-electron chi connectivity index (χ0n) is 9.41. The van der Waals surface area contributed by atoms with Gasteiger partial charge in [0.05, 0.1) is 6.61 Å². The number of carboxylic acid groups (broad SMARTS) is 1. The van der Waals surface area contributed by atoms with E-state index in [4.69, 9.17) is 9.84 Å². The van der Waals surface area contributed by atoms with E-state index >= 15 is 0 Å². The van der Waals surface area contributed by atoms with E-state index in [1.54, 1.807) is 6.08 Å². The Balaban J connectivity index is 2.52. The number of carbonyl (C=O) groups is 1. The molecule has 1 N–H and O–H groups in total. The molecule has 0 saturated carbocycles. The highest BCUT2D eigenvalue weighted by Gasteiger charge is 2.14. The fourth-order valence-corrected chi connectivity index (χ4v) is 1.75. The first kappa shape index (κ1) is 10.7. The van der Waals surface area contributed by atoms with Crippen LogP contribution < -0.4 is 4.74 Å². The minimum atomic E-state index is -0.866. The van der Waals surface area contributed by atoms with E-state index in [1.165, 1.54) is 0 Å². The maximum Gasteiger partial charge on any atom is 0.331 e. The molecule has 1 aromatic carbocycles. The normalized spacial score (nSPS) is 14.5. The van der Waals surface area contributed by atoms with Gasteiger partial charge < -0.3 is 9.84 Å². The van der Waals surface area contributed by atoms with Crippen molar-refractivity contribution < 1.29 is 14.6 Å². The van der Waals surface area contributed by atoms with Crippen LogP contribution in [0.25, 0.3) is 6.08 Å². The van der Waals surface area contributed by atoms with Crippen LogP contribution in [-0.4, -0.2) is 17.7 Å². The van der Waals surface area contributed by atoms with E-state index in [2.05, 4.69) is 0 Å². The number of fused-ring (bicyclic) bond motifs is 1. The van der Waals surface area contributed by atoms with Crippen LogP contribution in [0.1, 0.15) is 23.1 Å². The van der Waals surface area contributed by atoms with Gasteiger partial charge in [0.2, 0.25) is 0 Å². The summed E-state index contributed by atoms with van der Waals surface area (Å²) in [5.41, 5.74) is 3.57. The number of rotatable bonds is 1. The summed E-state index contributed by atoms with van der Waals surface area (Å²) in [7, 11) is 0. The summed E-state index contributed by atoms with van der Waals surface area (Å²) >= 11 is 0. The van der Waals surface area contributed by atoms with Crippen LogP contribution in [0.3, 0.4) is 0 Å². The van der Waals surface area contributed by atoms with Crippen LogP contribution in [0.5, 0.6) is 5.75 Å². The fraction of sp³-hybridized carbons (Fsp3) is 0.308. The fourth-order valence-electron chi connectivity index (χ4n) is 1.75. The highest BCUT2D eigenvalue weighted by Crippen LogP contribution is 2.28. The van der Waals surface area contributed by atoms with Crippen molar-refractivity contribution in [2.24, 2.45) is 0 Å². The van der Waals surface area contributed by atoms with Crippen molar-refractivity contribution in [3.05, 3.63) is 34.4 Å². The molecular weight excluding hydrogens is 204 g/mol. The molecule has 0 amide bonds. The predicted molar refractivity (Wildman–Crippen MR) is 61.6 cm³/mol. The van der Waals surface area contributed by atoms with Crippen LogP contribution in [0.15, 0.2) is 17.7 Å². The van der Waals surface area contributed by atoms with Crippen molar-refractivity contribution in [2.45, 2.75) is 20.3 Å². The van der Waals surface area contributed by atoms with Crippen molar-refractivity contribution in [3.63, 3.8) is 0 Å². The summed E-state index contributed by atoms with van der Waals surface area (Å²) in [4.78, 5) is 10.9. The molecule has 0 radical (unpaired) electrons. The molecule has 0 aliphatic carbocycles. The minimum absolute atomic E-state index is 0.405. The highest BCUT2D eigenvalue weighted by atomic mass is 16.5. The predicted octanol–water partition coefficient (Wildman–Crippen LogP) is 2.55. The van der Waals surface area contributed by atoms with Gasteiger partial charge in [0.15, 0.2) is 0 Å². The standard InChI is InChI=1S/C13H14O3/c1-8-5-11-7-10(13(14)15)3-4-16-12(11)6-9(8)2/h5-7H,3-4H2,1-2H3,(H,14,15). The average Bonchev–Trinajstić information content (AvgIpc) is 2.41. The second-order valence-corrected chi connectivity index (χ2v) is 4.05. The zero-order chi connectivity index (χ0) is 11.7. The summed E-state index contributed by atoms with van der Waals surface area (Å²) in [6, 6.07) is 3.94. The molecule has 1 heterocycles. The summed E-state index contributed by atoms with van der Waals surface area (Å²) in [6.07, 6.45) is 2.15. The second kappa shape index (κ2) is 4.00. The first-order valence-corrected chi connectivity index (χ1v) is 5.26. The number of ether oxygens (including phenoxy) is 1. The summed E-state index contributed by atoms with van der Waals surface area (Å²) in [5, 5.41) is 8.99. The number of hydrogen-bond donors (Lipinski definition) is 1. The third-order valence-corrected chi connectivity index (χ3v) is 2.86. The molecule has 0 fully saturated rings. The van der Waals surface area contributed by atoms with Crippen LogP contribution in [0.2, 0.25) is 0 Å². The molecule has 3 heteroatoms. The lowest BCUT2D eigenvalue weighted by atomic mass is 10.0. The molecule has 1 aliphatic heterocycles. The zero-order valence-corrected chi connectivity index (χ0v) is 9.41. The maximum atomic E-state index is 10.9. The molecular formula is C13H14O3. The van der Waals surface area contributed by atoms with Gasteiger partial charge in [0.1, 0.15) is 5.75 Å². The van der Waals surface area contributed by atoms with Crippen molar-refractivity contribution in [3.8, 4) is 5.75 Å². The highest BCUT2D eigenvalue weighted by molar-refractivity contribution is 5.93. The van der Waals surface area contributed by atoms with E-state index in [0.29, 0.717) is 18.6 Å². The summed E-state index contributed by atoms with van der Waals surface area (Å²) < 4.78 is 5.55. The Morgan fingerprint density at radius 3 is 2.69 bits per heavy atom. The molecule has 0 bridgehead atoms. The van der Waals surface area contributed by atoms with E-state index < -0.39 is 5.97 Å². The molecule has 0 unspecified atom stereocenters. The van der Waals surface area contributed by atoms with Crippen LogP contribution >= 0.6 is 0 Å². The molecule has 0 spiro atoms. The topological polar surface area (TPSA) is 46.5 Å². The Morgan fingerprint density at radius 2 is 2.00 bits per heavy atom. The van der Waals surface area contributed by atoms with Crippen molar-refractivity contribution in [1.29, 1.82) is 0 Å². The Morgan fingerprint density at radius 1 is 1.31 bits per heavy atom. The van der Waals surface area contributed by atoms with Gasteiger partial charge in [-0.15, -0.1) is 0 Å². The molecule has 0 saturated heterocycles. The van der Waals surface area contributed by atoms with E-state index in [9.17, 15) is 4.79 Å². The number of carboxylic acids is 1. The maximum absolute atomic E-state index is 10.9. The molecule has 84 valence electrons. The number of hydrogen-bond acceptors (Lipinski definition) is 2. The molecule has 0 aromatic heterocycles. The average molecular weight is 218 g/mol. The second-order valence-electron chi connectivity index (χ2n) is 4.05. The summed E-state index contributed by atoms with van der Waals surface area (Å²) in [6.45, 7) is 4.45. The van der Waals surface area contributed by atoms with Gasteiger partial charge in [-0.05, 0) is 43.2 Å². The van der Waals surface area contributed by atoms with Crippen molar-refractivity contribution >= 4 is 12.0 Å². The van der Waals surface area contributed by atoms with E-state index in [0.717, 1.165) is 22.4 Å². The Bertz CT molecular complexity index is 472. The molecule has 1 aromatic rings. The monoisotopic (exact) mass is 218 g/mol. The molecule has 2 rings (SSSR count). The van der Waals surface area contributed by atoms with Gasteiger partial charge >= 0.3 is 5.97 Å². The van der Waals surface area contributed by atoms with Crippen LogP contribution in [-0.2, 0) is 4.79 Å². The molecule has 16 heavy (non-hydrogen) atoms. The number of aryl methyl sites for hydroxylation is 2. The number of aliphatic carboxylic acids is 1. The molecule has 3 nitrogen and oxygen atoms in total. The quantitative estimate of drug-likeness (QED) is 0.788. The smallest absolute Gasteiger partial charge is 0.331 e. The third-order valence-electron chi connectivity index (χ3n) is 2.86.